The summed E-state index contributed by atoms with van der Waals surface area (Å²) in [6.07, 6.45) is -3.29. The minimum absolute atomic E-state index is 0.0217. The number of thioether (sulfide) groups is 1. The Bertz CT molecular complexity index is 1590. The number of aryl methyl sites for hydroxylation is 1. The maximum Gasteiger partial charge on any atom is 0.417 e. The number of piperazine rings is 1. The van der Waals surface area contributed by atoms with Crippen molar-refractivity contribution in [2.24, 2.45) is 0 Å². The van der Waals surface area contributed by atoms with Gasteiger partial charge in [-0.2, -0.15) is 18.2 Å². The van der Waals surface area contributed by atoms with Crippen LogP contribution in [0.25, 0.3) is 22.0 Å². The van der Waals surface area contributed by atoms with Gasteiger partial charge < -0.3 is 14.6 Å². The van der Waals surface area contributed by atoms with Crippen LogP contribution in [0, 0.1) is 11.6 Å². The lowest BCUT2D eigenvalue weighted by atomic mass is 9.95. The van der Waals surface area contributed by atoms with E-state index in [4.69, 9.17) is 4.79 Å². The second kappa shape index (κ2) is 11.2. The Kier molecular flexibility index (Phi) is 8.15. The fourth-order valence-corrected chi connectivity index (χ4v) is 6.08. The zero-order chi connectivity index (χ0) is 29.4. The first-order chi connectivity index (χ1) is 19.0. The van der Waals surface area contributed by atoms with Crippen LogP contribution in [0.5, 0.6) is 0 Å². The van der Waals surface area contributed by atoms with Crippen molar-refractivity contribution in [1.82, 2.24) is 14.5 Å². The molecule has 3 aromatic rings. The second-order valence-corrected chi connectivity index (χ2v) is 10.0. The number of amides is 1. The van der Waals surface area contributed by atoms with E-state index >= 15 is 0 Å². The molecule has 7 nitrogen and oxygen atoms in total. The first kappa shape index (κ1) is 29.0. The lowest BCUT2D eigenvalue weighted by Gasteiger charge is -2.37. The number of anilines is 1. The molecule has 2 aromatic carbocycles. The number of hydrogen-bond donors (Lipinski definition) is 0. The van der Waals surface area contributed by atoms with E-state index in [1.165, 1.54) is 9.47 Å². The van der Waals surface area contributed by atoms with Gasteiger partial charge in [0.25, 0.3) is 0 Å². The quantitative estimate of drug-likeness (QED) is 0.321. The van der Waals surface area contributed by atoms with E-state index in [1.807, 2.05) is 6.79 Å². The molecule has 40 heavy (non-hydrogen) atoms. The van der Waals surface area contributed by atoms with Gasteiger partial charge in [0, 0.05) is 52.8 Å². The largest absolute Gasteiger partial charge is 0.417 e. The summed E-state index contributed by atoms with van der Waals surface area (Å²) in [6, 6.07) is 3.30. The molecule has 210 valence electrons. The monoisotopic (exact) mass is 578 g/mol. The Morgan fingerprint density at radius 2 is 1.82 bits per heavy atom. The van der Waals surface area contributed by atoms with Crippen LogP contribution in [0.3, 0.4) is 0 Å². The molecule has 0 spiro atoms. The third-order valence-electron chi connectivity index (χ3n) is 6.57. The highest BCUT2D eigenvalue weighted by molar-refractivity contribution is 7.99. The van der Waals surface area contributed by atoms with Crippen LogP contribution in [0.1, 0.15) is 12.0 Å². The SMILES string of the molecule is C=CC(=O)N1CCN(c2nc(=O)n3c4c(c(-c5ccc(F)cc5F)c(C(F)(F)F)cc24)SCCC3)CC1=C.C=O. The molecular formula is C27H23F5N4O3S. The van der Waals surface area contributed by atoms with Crippen LogP contribution in [-0.4, -0.2) is 52.5 Å². The molecule has 3 heterocycles. The minimum atomic E-state index is -4.90. The topological polar surface area (TPSA) is 75.5 Å². The zero-order valence-corrected chi connectivity index (χ0v) is 21.9. The van der Waals surface area contributed by atoms with Gasteiger partial charge in [0.05, 0.1) is 17.6 Å². The molecule has 0 bridgehead atoms. The van der Waals surface area contributed by atoms with Gasteiger partial charge in [-0.1, -0.05) is 13.2 Å². The maximum atomic E-state index is 14.9. The van der Waals surface area contributed by atoms with Gasteiger partial charge in [-0.05, 0) is 36.4 Å². The van der Waals surface area contributed by atoms with Crippen LogP contribution in [-0.2, 0) is 22.3 Å². The van der Waals surface area contributed by atoms with Crippen molar-refractivity contribution in [2.75, 3.05) is 30.3 Å². The molecule has 2 aliphatic rings. The Labute approximate surface area is 229 Å². The summed E-state index contributed by atoms with van der Waals surface area (Å²) < 4.78 is 73.5. The molecular weight excluding hydrogens is 555 g/mol. The number of halogens is 5. The summed E-state index contributed by atoms with van der Waals surface area (Å²) in [5.74, 6) is -2.02. The molecule has 0 atom stereocenters. The average Bonchev–Trinajstić information content (AvgIpc) is 3.15. The van der Waals surface area contributed by atoms with Crippen molar-refractivity contribution in [3.63, 3.8) is 0 Å². The van der Waals surface area contributed by atoms with Crippen molar-refractivity contribution >= 4 is 41.2 Å². The Hall–Kier alpha value is -4.00. The van der Waals surface area contributed by atoms with E-state index in [-0.39, 0.29) is 53.7 Å². The number of carbonyl (C=O) groups is 2. The van der Waals surface area contributed by atoms with Gasteiger partial charge in [-0.15, -0.1) is 11.8 Å². The van der Waals surface area contributed by atoms with E-state index in [0.29, 0.717) is 23.9 Å². The van der Waals surface area contributed by atoms with Crippen LogP contribution in [0.15, 0.2) is 58.9 Å². The van der Waals surface area contributed by atoms with Gasteiger partial charge in [0.2, 0.25) is 5.91 Å². The van der Waals surface area contributed by atoms with E-state index in [2.05, 4.69) is 18.1 Å². The summed E-state index contributed by atoms with van der Waals surface area (Å²) in [7, 11) is 0. The van der Waals surface area contributed by atoms with Crippen molar-refractivity contribution in [2.45, 2.75) is 24.0 Å². The predicted molar refractivity (Wildman–Crippen MR) is 142 cm³/mol. The zero-order valence-electron chi connectivity index (χ0n) is 21.1. The fourth-order valence-electron chi connectivity index (χ4n) is 4.88. The standard InChI is InChI=1S/C26H21F5N4O2S.CH2O/c1-3-20(36)34-9-8-33(13-14(34)2)24-17-12-18(26(29,30)31)21(16-6-5-15(27)11-19(16)28)23-22(17)35(25(37)32-24)7-4-10-38-23;1-2/h3,5-6,11-12H,1-2,4,7-10,13H2;1H2. The summed E-state index contributed by atoms with van der Waals surface area (Å²) in [5, 5.41) is 0.0730. The predicted octanol–water partition coefficient (Wildman–Crippen LogP) is 5.02. The van der Waals surface area contributed by atoms with Crippen molar-refractivity contribution in [1.29, 1.82) is 0 Å². The third kappa shape index (κ3) is 5.12. The van der Waals surface area contributed by atoms with Gasteiger partial charge >= 0.3 is 11.9 Å². The highest BCUT2D eigenvalue weighted by Crippen LogP contribution is 2.48. The van der Waals surface area contributed by atoms with Gasteiger partial charge in [0.1, 0.15) is 24.2 Å². The molecule has 5 rings (SSSR count). The highest BCUT2D eigenvalue weighted by atomic mass is 32.2. The van der Waals surface area contributed by atoms with E-state index in [1.54, 1.807) is 4.90 Å². The normalized spacial score (nSPS) is 15.4. The van der Waals surface area contributed by atoms with Crippen molar-refractivity contribution in [3.05, 3.63) is 76.9 Å². The molecule has 0 saturated carbocycles. The summed E-state index contributed by atoms with van der Waals surface area (Å²) in [4.78, 5) is 40.5. The van der Waals surface area contributed by atoms with E-state index in [0.717, 1.165) is 36.0 Å². The van der Waals surface area contributed by atoms with Gasteiger partial charge in [-0.25, -0.2) is 13.6 Å². The Morgan fingerprint density at radius 3 is 2.45 bits per heavy atom. The van der Waals surface area contributed by atoms with Crippen LogP contribution >= 0.6 is 11.8 Å². The molecule has 1 aromatic heterocycles. The van der Waals surface area contributed by atoms with E-state index in [9.17, 15) is 31.5 Å². The maximum absolute atomic E-state index is 14.9. The lowest BCUT2D eigenvalue weighted by Crippen LogP contribution is -2.47. The average molecular weight is 579 g/mol. The number of hydrogen-bond acceptors (Lipinski definition) is 6. The third-order valence-corrected chi connectivity index (χ3v) is 7.74. The van der Waals surface area contributed by atoms with Crippen LogP contribution < -0.4 is 10.6 Å². The highest BCUT2D eigenvalue weighted by Gasteiger charge is 2.39. The molecule has 0 N–H and O–H groups in total. The number of carbonyl (C=O) groups excluding carboxylic acids is 2. The molecule has 0 radical (unpaired) electrons. The molecule has 13 heteroatoms. The smallest absolute Gasteiger partial charge is 0.348 e. The van der Waals surface area contributed by atoms with E-state index < -0.39 is 40.2 Å². The minimum Gasteiger partial charge on any atom is -0.348 e. The number of aromatic nitrogens is 2. The fraction of sp³-hybridized carbons (Fsp3) is 0.259. The molecule has 0 unspecified atom stereocenters. The molecule has 1 saturated heterocycles. The second-order valence-electron chi connectivity index (χ2n) is 8.90. The first-order valence-corrected chi connectivity index (χ1v) is 12.9. The molecule has 2 aliphatic heterocycles. The first-order valence-electron chi connectivity index (χ1n) is 11.9. The van der Waals surface area contributed by atoms with Crippen LogP contribution in [0.2, 0.25) is 0 Å². The molecule has 0 aliphatic carbocycles. The van der Waals surface area contributed by atoms with Crippen molar-refractivity contribution in [3.8, 4) is 11.1 Å². The number of alkyl halides is 3. The van der Waals surface area contributed by atoms with Gasteiger partial charge in [-0.3, -0.25) is 9.36 Å². The summed E-state index contributed by atoms with van der Waals surface area (Å²) >= 11 is 1.09. The molecule has 1 fully saturated rings. The summed E-state index contributed by atoms with van der Waals surface area (Å²) in [5.41, 5.74) is -2.04. The van der Waals surface area contributed by atoms with Gasteiger partial charge in [0.15, 0.2) is 0 Å². The van der Waals surface area contributed by atoms with Crippen molar-refractivity contribution < 1.29 is 31.5 Å². The number of rotatable bonds is 3. The molecule has 1 amide bonds. The lowest BCUT2D eigenvalue weighted by molar-refractivity contribution is -0.137. The Balaban J connectivity index is 0.00000181. The Morgan fingerprint density at radius 1 is 1.10 bits per heavy atom. The number of benzene rings is 2. The number of nitrogens with zero attached hydrogens (tertiary/aromatic N) is 4. The van der Waals surface area contributed by atoms with Crippen LogP contribution in [0.4, 0.5) is 27.8 Å². The summed E-state index contributed by atoms with van der Waals surface area (Å²) in [6.45, 7) is 9.97.